The largest absolute Gasteiger partial charge is 0.423 e. The van der Waals surface area contributed by atoms with Crippen LogP contribution in [0.4, 0.5) is 0 Å². The molecule has 9 nitrogen and oxygen atoms in total. The molecule has 3 N–H and O–H groups in total. The number of aryl methyl sites for hydroxylation is 1. The second kappa shape index (κ2) is 6.29. The monoisotopic (exact) mass is 359 g/mol. The van der Waals surface area contributed by atoms with E-state index < -0.39 is 36.8 Å². The predicted octanol–water partition coefficient (Wildman–Crippen LogP) is -0.0286. The Labute approximate surface area is 147 Å². The summed E-state index contributed by atoms with van der Waals surface area (Å²) in [5, 5.41) is 37.9. The van der Waals surface area contributed by atoms with Crippen molar-refractivity contribution in [3.05, 3.63) is 46.4 Å². The van der Waals surface area contributed by atoms with Crippen LogP contribution in [0.1, 0.15) is 11.8 Å². The highest BCUT2D eigenvalue weighted by molar-refractivity contribution is 5.84. The standard InChI is InChI=1S/C17H17N3O6/c1-8-4-14(22)25-12-5-9(2-3-10(8)12)11-6-20(19-18-11)17-16(24)15(23)13(7-21)26-17/h2-6,13,15-17,21,23-24H,7H2,1H3/t13-,15-,16-,17-/m1/s1. The summed E-state index contributed by atoms with van der Waals surface area (Å²) in [7, 11) is 0. The van der Waals surface area contributed by atoms with Crippen LogP contribution in [0.2, 0.25) is 0 Å². The SMILES string of the molecule is Cc1cc(=O)oc2cc(-c3cn([C@@H]4O[C@H](CO)[C@@H](O)[C@H]4O)nn3)ccc12. The highest BCUT2D eigenvalue weighted by atomic mass is 16.6. The molecule has 0 spiro atoms. The quantitative estimate of drug-likeness (QED) is 0.556. The molecular weight excluding hydrogens is 342 g/mol. The summed E-state index contributed by atoms with van der Waals surface area (Å²) < 4.78 is 11.9. The molecule has 3 heterocycles. The smallest absolute Gasteiger partial charge is 0.336 e. The van der Waals surface area contributed by atoms with Gasteiger partial charge in [-0.15, -0.1) is 5.10 Å². The van der Waals surface area contributed by atoms with E-state index in [0.29, 0.717) is 16.8 Å². The Morgan fingerprint density at radius 1 is 1.23 bits per heavy atom. The Morgan fingerprint density at radius 3 is 2.77 bits per heavy atom. The molecule has 1 aliphatic rings. The fourth-order valence-corrected chi connectivity index (χ4v) is 3.12. The van der Waals surface area contributed by atoms with Crippen LogP contribution in [0.3, 0.4) is 0 Å². The molecule has 0 amide bonds. The van der Waals surface area contributed by atoms with Gasteiger partial charge in [0, 0.05) is 17.0 Å². The van der Waals surface area contributed by atoms with E-state index in [1.165, 1.54) is 10.7 Å². The molecule has 0 aliphatic carbocycles. The molecule has 1 aliphatic heterocycles. The minimum absolute atomic E-state index is 0.417. The highest BCUT2D eigenvalue weighted by Gasteiger charge is 2.43. The van der Waals surface area contributed by atoms with Gasteiger partial charge in [0.25, 0.3) is 0 Å². The van der Waals surface area contributed by atoms with E-state index in [2.05, 4.69) is 10.3 Å². The van der Waals surface area contributed by atoms with Crippen LogP contribution in [0.15, 0.2) is 39.7 Å². The second-order valence-corrected chi connectivity index (χ2v) is 6.27. The second-order valence-electron chi connectivity index (χ2n) is 6.27. The van der Waals surface area contributed by atoms with Crippen LogP contribution in [0.5, 0.6) is 0 Å². The Bertz CT molecular complexity index is 1010. The maximum atomic E-state index is 11.6. The normalized spacial score (nSPS) is 25.8. The van der Waals surface area contributed by atoms with Crippen molar-refractivity contribution in [3.8, 4) is 11.3 Å². The summed E-state index contributed by atoms with van der Waals surface area (Å²) >= 11 is 0. The molecular formula is C17H17N3O6. The van der Waals surface area contributed by atoms with Crippen LogP contribution < -0.4 is 5.63 Å². The summed E-state index contributed by atoms with van der Waals surface area (Å²) in [5.74, 6) is 0. The third-order valence-electron chi connectivity index (χ3n) is 4.54. The fraction of sp³-hybridized carbons (Fsp3) is 0.353. The predicted molar refractivity (Wildman–Crippen MR) is 89.2 cm³/mol. The molecule has 0 bridgehead atoms. The lowest BCUT2D eigenvalue weighted by atomic mass is 10.1. The van der Waals surface area contributed by atoms with Gasteiger partial charge in [0.05, 0.1) is 12.8 Å². The zero-order chi connectivity index (χ0) is 18.4. The summed E-state index contributed by atoms with van der Waals surface area (Å²) in [6.07, 6.45) is -2.74. The first-order chi connectivity index (χ1) is 12.5. The lowest BCUT2D eigenvalue weighted by molar-refractivity contribution is -0.0593. The summed E-state index contributed by atoms with van der Waals surface area (Å²) in [6, 6.07) is 6.77. The number of aliphatic hydroxyl groups is 3. The van der Waals surface area contributed by atoms with E-state index in [4.69, 9.17) is 9.15 Å². The Morgan fingerprint density at radius 2 is 2.04 bits per heavy atom. The lowest BCUT2D eigenvalue weighted by Crippen LogP contribution is -2.33. The number of hydrogen-bond donors (Lipinski definition) is 3. The summed E-state index contributed by atoms with van der Waals surface area (Å²) in [5.41, 5.74) is 1.98. The van der Waals surface area contributed by atoms with Crippen molar-refractivity contribution in [1.29, 1.82) is 0 Å². The number of hydrogen-bond acceptors (Lipinski definition) is 8. The minimum Gasteiger partial charge on any atom is -0.423 e. The van der Waals surface area contributed by atoms with Crippen molar-refractivity contribution in [1.82, 2.24) is 15.0 Å². The molecule has 4 rings (SSSR count). The van der Waals surface area contributed by atoms with Gasteiger partial charge in [0.2, 0.25) is 0 Å². The van der Waals surface area contributed by atoms with Gasteiger partial charge in [-0.25, -0.2) is 9.48 Å². The molecule has 136 valence electrons. The van der Waals surface area contributed by atoms with Gasteiger partial charge >= 0.3 is 5.63 Å². The molecule has 3 aromatic rings. The Hall–Kier alpha value is -2.59. The van der Waals surface area contributed by atoms with Crippen LogP contribution >= 0.6 is 0 Å². The Balaban J connectivity index is 1.68. The van der Waals surface area contributed by atoms with E-state index in [1.54, 1.807) is 12.3 Å². The van der Waals surface area contributed by atoms with E-state index in [-0.39, 0.29) is 0 Å². The Kier molecular flexibility index (Phi) is 4.08. The average Bonchev–Trinajstić information content (AvgIpc) is 3.20. The number of nitrogens with zero attached hydrogens (tertiary/aromatic N) is 3. The van der Waals surface area contributed by atoms with Crippen molar-refractivity contribution in [2.75, 3.05) is 6.61 Å². The zero-order valence-electron chi connectivity index (χ0n) is 13.8. The van der Waals surface area contributed by atoms with E-state index in [0.717, 1.165) is 10.9 Å². The molecule has 2 aromatic heterocycles. The molecule has 0 saturated carbocycles. The van der Waals surface area contributed by atoms with Crippen LogP contribution in [-0.4, -0.2) is 55.2 Å². The first kappa shape index (κ1) is 16.9. The first-order valence-corrected chi connectivity index (χ1v) is 8.07. The molecule has 0 unspecified atom stereocenters. The van der Waals surface area contributed by atoms with Gasteiger partial charge in [-0.3, -0.25) is 0 Å². The molecule has 26 heavy (non-hydrogen) atoms. The zero-order valence-corrected chi connectivity index (χ0v) is 13.8. The first-order valence-electron chi connectivity index (χ1n) is 8.07. The molecule has 1 fully saturated rings. The topological polar surface area (TPSA) is 131 Å². The summed E-state index contributed by atoms with van der Waals surface area (Å²) in [4.78, 5) is 11.6. The van der Waals surface area contributed by atoms with Gasteiger partial charge in [0.15, 0.2) is 6.23 Å². The number of aliphatic hydroxyl groups excluding tert-OH is 3. The van der Waals surface area contributed by atoms with Gasteiger partial charge in [-0.05, 0) is 18.6 Å². The third-order valence-corrected chi connectivity index (χ3v) is 4.54. The third kappa shape index (κ3) is 2.71. The van der Waals surface area contributed by atoms with Gasteiger partial charge in [0.1, 0.15) is 29.6 Å². The lowest BCUT2D eigenvalue weighted by Gasteiger charge is -2.13. The van der Waals surface area contributed by atoms with Crippen molar-refractivity contribution in [3.63, 3.8) is 0 Å². The maximum Gasteiger partial charge on any atom is 0.336 e. The number of rotatable bonds is 3. The van der Waals surface area contributed by atoms with Crippen molar-refractivity contribution < 1.29 is 24.5 Å². The molecule has 0 radical (unpaired) electrons. The van der Waals surface area contributed by atoms with E-state index in [1.807, 2.05) is 19.1 Å². The van der Waals surface area contributed by atoms with E-state index >= 15 is 0 Å². The minimum atomic E-state index is -1.24. The number of aromatic nitrogens is 3. The fourth-order valence-electron chi connectivity index (χ4n) is 3.12. The van der Waals surface area contributed by atoms with Crippen LogP contribution in [-0.2, 0) is 4.74 Å². The molecule has 4 atom stereocenters. The van der Waals surface area contributed by atoms with Crippen molar-refractivity contribution in [2.45, 2.75) is 31.5 Å². The van der Waals surface area contributed by atoms with E-state index in [9.17, 15) is 20.1 Å². The average molecular weight is 359 g/mol. The molecule has 9 heteroatoms. The number of benzene rings is 1. The van der Waals surface area contributed by atoms with Crippen LogP contribution in [0, 0.1) is 6.92 Å². The summed E-state index contributed by atoms with van der Waals surface area (Å²) in [6.45, 7) is 1.41. The van der Waals surface area contributed by atoms with Crippen LogP contribution in [0.25, 0.3) is 22.2 Å². The molecule has 1 aromatic carbocycles. The van der Waals surface area contributed by atoms with Crippen molar-refractivity contribution >= 4 is 11.0 Å². The van der Waals surface area contributed by atoms with Gasteiger partial charge in [-0.1, -0.05) is 17.3 Å². The number of ether oxygens (including phenoxy) is 1. The van der Waals surface area contributed by atoms with Gasteiger partial charge < -0.3 is 24.5 Å². The maximum absolute atomic E-state index is 11.6. The highest BCUT2D eigenvalue weighted by Crippen LogP contribution is 2.30. The van der Waals surface area contributed by atoms with Gasteiger partial charge in [-0.2, -0.15) is 0 Å². The molecule has 1 saturated heterocycles. The number of fused-ring (bicyclic) bond motifs is 1. The van der Waals surface area contributed by atoms with Crippen molar-refractivity contribution in [2.24, 2.45) is 0 Å².